The van der Waals surface area contributed by atoms with Crippen molar-refractivity contribution in [2.24, 2.45) is 5.92 Å². The van der Waals surface area contributed by atoms with Gasteiger partial charge in [-0.3, -0.25) is 14.4 Å². The molecule has 1 saturated heterocycles. The van der Waals surface area contributed by atoms with E-state index in [2.05, 4.69) is 0 Å². The van der Waals surface area contributed by atoms with Gasteiger partial charge in [0.15, 0.2) is 0 Å². The van der Waals surface area contributed by atoms with Gasteiger partial charge in [-0.05, 0) is 25.0 Å². The third kappa shape index (κ3) is 3.87. The summed E-state index contributed by atoms with van der Waals surface area (Å²) in [6, 6.07) is 3.08. The lowest BCUT2D eigenvalue weighted by Gasteiger charge is -2.32. The highest BCUT2D eigenvalue weighted by molar-refractivity contribution is 5.96. The fourth-order valence-electron chi connectivity index (χ4n) is 2.67. The molecule has 2 amide bonds. The predicted octanol–water partition coefficient (Wildman–Crippen LogP) is 1.36. The van der Waals surface area contributed by atoms with Crippen molar-refractivity contribution in [1.29, 1.82) is 0 Å². The SMILES string of the molecule is CN(CC(=O)N1CCCC(C(=O)O)C1)C(=O)c1c(F)cccc1F. The molecule has 1 aliphatic heterocycles. The molecule has 1 N–H and O–H groups in total. The molecule has 1 unspecified atom stereocenters. The van der Waals surface area contributed by atoms with Crippen molar-refractivity contribution in [3.05, 3.63) is 35.4 Å². The summed E-state index contributed by atoms with van der Waals surface area (Å²) in [6.45, 7) is 0.0991. The number of carboxylic acid groups (broad SMARTS) is 1. The quantitative estimate of drug-likeness (QED) is 0.898. The Morgan fingerprint density at radius 3 is 2.50 bits per heavy atom. The van der Waals surface area contributed by atoms with E-state index in [1.165, 1.54) is 11.9 Å². The average Bonchev–Trinajstić information content (AvgIpc) is 2.54. The smallest absolute Gasteiger partial charge is 0.308 e. The van der Waals surface area contributed by atoms with Crippen molar-refractivity contribution < 1.29 is 28.3 Å². The van der Waals surface area contributed by atoms with Gasteiger partial charge in [-0.1, -0.05) is 6.07 Å². The summed E-state index contributed by atoms with van der Waals surface area (Å²) in [5.41, 5.74) is -0.713. The van der Waals surface area contributed by atoms with Crippen LogP contribution in [0, 0.1) is 17.6 Å². The Kier molecular flexibility index (Phi) is 5.48. The normalized spacial score (nSPS) is 17.5. The van der Waals surface area contributed by atoms with E-state index in [1.807, 2.05) is 0 Å². The molecule has 0 aromatic heterocycles. The molecule has 1 fully saturated rings. The Bertz CT molecular complexity index is 645. The number of amides is 2. The minimum Gasteiger partial charge on any atom is -0.481 e. The van der Waals surface area contributed by atoms with E-state index in [0.717, 1.165) is 23.1 Å². The first-order chi connectivity index (χ1) is 11.3. The minimum atomic E-state index is -0.997. The molecule has 6 nitrogen and oxygen atoms in total. The summed E-state index contributed by atoms with van der Waals surface area (Å²) in [4.78, 5) is 37.7. The van der Waals surface area contributed by atoms with Gasteiger partial charge in [-0.25, -0.2) is 8.78 Å². The van der Waals surface area contributed by atoms with Crippen LogP contribution in [0.5, 0.6) is 0 Å². The fourth-order valence-corrected chi connectivity index (χ4v) is 2.67. The summed E-state index contributed by atoms with van der Waals surface area (Å²) < 4.78 is 27.3. The Hall–Kier alpha value is -2.51. The first-order valence-electron chi connectivity index (χ1n) is 7.51. The highest BCUT2D eigenvalue weighted by atomic mass is 19.1. The lowest BCUT2D eigenvalue weighted by atomic mass is 9.98. The molecule has 0 aliphatic carbocycles. The Morgan fingerprint density at radius 2 is 1.92 bits per heavy atom. The molecular weight excluding hydrogens is 322 g/mol. The van der Waals surface area contributed by atoms with E-state index in [1.54, 1.807) is 0 Å². The first-order valence-corrected chi connectivity index (χ1v) is 7.51. The van der Waals surface area contributed by atoms with E-state index >= 15 is 0 Å². The zero-order chi connectivity index (χ0) is 17.9. The molecule has 24 heavy (non-hydrogen) atoms. The largest absolute Gasteiger partial charge is 0.481 e. The number of aliphatic carboxylic acids is 1. The topological polar surface area (TPSA) is 77.9 Å². The zero-order valence-electron chi connectivity index (χ0n) is 13.2. The van der Waals surface area contributed by atoms with Gasteiger partial charge in [0, 0.05) is 20.1 Å². The highest BCUT2D eigenvalue weighted by Crippen LogP contribution is 2.18. The standard InChI is InChI=1S/C16H18F2N2O4/c1-19(15(22)14-11(17)5-2-6-12(14)18)9-13(21)20-7-3-4-10(8-20)16(23)24/h2,5-6,10H,3-4,7-9H2,1H3,(H,23,24). The van der Waals surface area contributed by atoms with Gasteiger partial charge in [0.1, 0.15) is 17.2 Å². The van der Waals surface area contributed by atoms with E-state index in [4.69, 9.17) is 5.11 Å². The van der Waals surface area contributed by atoms with Crippen LogP contribution in [0.2, 0.25) is 0 Å². The maximum atomic E-state index is 13.6. The number of rotatable bonds is 4. The van der Waals surface area contributed by atoms with Gasteiger partial charge in [0.05, 0.1) is 12.5 Å². The van der Waals surface area contributed by atoms with Crippen molar-refractivity contribution in [3.8, 4) is 0 Å². The molecule has 2 rings (SSSR count). The van der Waals surface area contributed by atoms with Crippen LogP contribution >= 0.6 is 0 Å². The second kappa shape index (κ2) is 7.37. The molecule has 1 aromatic rings. The van der Waals surface area contributed by atoms with Crippen LogP contribution in [-0.4, -0.2) is 59.4 Å². The third-order valence-corrected chi connectivity index (χ3v) is 4.02. The number of piperidine rings is 1. The molecule has 130 valence electrons. The summed E-state index contributed by atoms with van der Waals surface area (Å²) in [5.74, 6) is -4.98. The van der Waals surface area contributed by atoms with Crippen molar-refractivity contribution in [3.63, 3.8) is 0 Å². The van der Waals surface area contributed by atoms with Crippen molar-refractivity contribution >= 4 is 17.8 Å². The summed E-state index contributed by atoms with van der Waals surface area (Å²) in [7, 11) is 1.27. The van der Waals surface area contributed by atoms with Gasteiger partial charge >= 0.3 is 5.97 Å². The lowest BCUT2D eigenvalue weighted by Crippen LogP contribution is -2.47. The number of nitrogens with zero attached hydrogens (tertiary/aromatic N) is 2. The molecular formula is C16H18F2N2O4. The number of likely N-dealkylation sites (N-methyl/N-ethyl adjacent to an activating group) is 1. The Morgan fingerprint density at radius 1 is 1.29 bits per heavy atom. The van der Waals surface area contributed by atoms with Gasteiger partial charge in [-0.2, -0.15) is 0 Å². The zero-order valence-corrected chi connectivity index (χ0v) is 13.2. The van der Waals surface area contributed by atoms with Crippen molar-refractivity contribution in [2.45, 2.75) is 12.8 Å². The Balaban J connectivity index is 2.03. The van der Waals surface area contributed by atoms with Crippen LogP contribution in [0.3, 0.4) is 0 Å². The van der Waals surface area contributed by atoms with Crippen LogP contribution in [-0.2, 0) is 9.59 Å². The lowest BCUT2D eigenvalue weighted by molar-refractivity contribution is -0.145. The van der Waals surface area contributed by atoms with Crippen LogP contribution in [0.25, 0.3) is 0 Å². The number of carboxylic acids is 1. The van der Waals surface area contributed by atoms with E-state index in [0.29, 0.717) is 19.4 Å². The van der Waals surface area contributed by atoms with E-state index < -0.39 is 40.9 Å². The van der Waals surface area contributed by atoms with Crippen molar-refractivity contribution in [1.82, 2.24) is 9.80 Å². The number of halogens is 2. The molecule has 0 radical (unpaired) electrons. The van der Waals surface area contributed by atoms with E-state index in [9.17, 15) is 23.2 Å². The van der Waals surface area contributed by atoms with Crippen LogP contribution in [0.4, 0.5) is 8.78 Å². The predicted molar refractivity (Wildman–Crippen MR) is 80.3 cm³/mol. The molecule has 1 atom stereocenters. The molecule has 8 heteroatoms. The number of hydrogen-bond acceptors (Lipinski definition) is 3. The Labute approximate surface area is 137 Å². The monoisotopic (exact) mass is 340 g/mol. The molecule has 0 saturated carbocycles. The maximum Gasteiger partial charge on any atom is 0.308 e. The number of likely N-dealkylation sites (tertiary alicyclic amines) is 1. The molecule has 0 bridgehead atoms. The van der Waals surface area contributed by atoms with Gasteiger partial charge in [0.2, 0.25) is 5.91 Å². The van der Waals surface area contributed by atoms with E-state index in [-0.39, 0.29) is 13.1 Å². The summed E-state index contributed by atoms with van der Waals surface area (Å²) in [6.07, 6.45) is 1.05. The molecule has 1 heterocycles. The van der Waals surface area contributed by atoms with Crippen molar-refractivity contribution in [2.75, 3.05) is 26.7 Å². The number of carbonyl (C=O) groups excluding carboxylic acids is 2. The first kappa shape index (κ1) is 17.8. The molecule has 1 aromatic carbocycles. The maximum absolute atomic E-state index is 13.6. The number of hydrogen-bond donors (Lipinski definition) is 1. The average molecular weight is 340 g/mol. The highest BCUT2D eigenvalue weighted by Gasteiger charge is 2.29. The third-order valence-electron chi connectivity index (χ3n) is 4.02. The van der Waals surface area contributed by atoms with Crippen LogP contribution in [0.15, 0.2) is 18.2 Å². The van der Waals surface area contributed by atoms with Gasteiger partial charge < -0.3 is 14.9 Å². The summed E-state index contributed by atoms with van der Waals surface area (Å²) >= 11 is 0. The van der Waals surface area contributed by atoms with Gasteiger partial charge in [-0.15, -0.1) is 0 Å². The second-order valence-electron chi connectivity index (χ2n) is 5.78. The second-order valence-corrected chi connectivity index (χ2v) is 5.78. The van der Waals surface area contributed by atoms with Crippen LogP contribution in [0.1, 0.15) is 23.2 Å². The fraction of sp³-hybridized carbons (Fsp3) is 0.438. The molecule has 0 spiro atoms. The minimum absolute atomic E-state index is 0.0737. The number of benzene rings is 1. The summed E-state index contributed by atoms with van der Waals surface area (Å²) in [5, 5.41) is 9.03. The van der Waals surface area contributed by atoms with Gasteiger partial charge in [0.25, 0.3) is 5.91 Å². The molecule has 1 aliphatic rings. The number of carbonyl (C=O) groups is 3. The van der Waals surface area contributed by atoms with Crippen LogP contribution < -0.4 is 0 Å².